The average Bonchev–Trinajstić information content (AvgIpc) is 3.08. The van der Waals surface area contributed by atoms with Crippen molar-refractivity contribution in [2.24, 2.45) is 22.7 Å². The minimum absolute atomic E-state index is 0.0385. The molecular weight excluding hydrogens is 464 g/mol. The standard InChI is InChI=1S/C28H36O8/c1-16(29)33-15-27-20-6-9-24(2)19(17-4-5-23(30)32-14-17)8-11-28(24,31)21(20)7-10-26(27)13-18-12-22(27)35-25(3,34-18)36-26/h4-5,14,18-22,31H,6-13,15H2,1-3H3/t18-,19+,20?,21+,22+,24-,25-,26-,27-,28+/m0/s1. The van der Waals surface area contributed by atoms with E-state index >= 15 is 0 Å². The summed E-state index contributed by atoms with van der Waals surface area (Å²) in [6.45, 7) is 5.78. The van der Waals surface area contributed by atoms with Crippen LogP contribution >= 0.6 is 0 Å². The van der Waals surface area contributed by atoms with E-state index in [0.717, 1.165) is 50.5 Å². The molecule has 3 saturated heterocycles. The third-order valence-electron chi connectivity index (χ3n) is 11.4. The molecule has 1 N–H and O–H groups in total. The molecule has 1 unspecified atom stereocenters. The summed E-state index contributed by atoms with van der Waals surface area (Å²) < 4.78 is 30.3. The van der Waals surface area contributed by atoms with E-state index in [0.29, 0.717) is 6.42 Å². The summed E-state index contributed by atoms with van der Waals surface area (Å²) in [6.07, 6.45) is 7.93. The quantitative estimate of drug-likeness (QED) is 0.628. The minimum Gasteiger partial charge on any atom is -0.465 e. The highest BCUT2D eigenvalue weighted by Crippen LogP contribution is 2.74. The first kappa shape index (κ1) is 23.4. The fourth-order valence-electron chi connectivity index (χ4n) is 10.1. The highest BCUT2D eigenvalue weighted by Gasteiger charge is 2.79. The van der Waals surface area contributed by atoms with Crippen molar-refractivity contribution in [3.8, 4) is 0 Å². The number of carbonyl (C=O) groups excluding carboxylic acids is 1. The van der Waals surface area contributed by atoms with Gasteiger partial charge in [0.15, 0.2) is 0 Å². The Hall–Kier alpha value is -1.74. The lowest BCUT2D eigenvalue weighted by molar-refractivity contribution is -0.552. The maximum atomic E-state index is 12.6. The van der Waals surface area contributed by atoms with Crippen LogP contribution in [0.4, 0.5) is 0 Å². The van der Waals surface area contributed by atoms with Crippen LogP contribution in [0.3, 0.4) is 0 Å². The summed E-state index contributed by atoms with van der Waals surface area (Å²) in [4.78, 5) is 23.7. The zero-order chi connectivity index (χ0) is 25.1. The molecule has 4 bridgehead atoms. The van der Waals surface area contributed by atoms with E-state index in [2.05, 4.69) is 6.92 Å². The lowest BCUT2D eigenvalue weighted by Crippen LogP contribution is -2.81. The van der Waals surface area contributed by atoms with Gasteiger partial charge in [0.2, 0.25) is 0 Å². The predicted octanol–water partition coefficient (Wildman–Crippen LogP) is 3.64. The van der Waals surface area contributed by atoms with Gasteiger partial charge in [-0.05, 0) is 67.9 Å². The van der Waals surface area contributed by atoms with Crippen molar-refractivity contribution in [2.75, 3.05) is 6.61 Å². The van der Waals surface area contributed by atoms with E-state index in [1.165, 1.54) is 13.0 Å². The third-order valence-corrected chi connectivity index (χ3v) is 11.4. The van der Waals surface area contributed by atoms with Crippen molar-refractivity contribution >= 4 is 5.97 Å². The lowest BCUT2D eigenvalue weighted by atomic mass is 9.40. The van der Waals surface area contributed by atoms with Crippen LogP contribution < -0.4 is 5.63 Å². The third kappa shape index (κ3) is 2.74. The van der Waals surface area contributed by atoms with Crippen LogP contribution in [0.2, 0.25) is 0 Å². The maximum absolute atomic E-state index is 12.6. The highest BCUT2D eigenvalue weighted by atomic mass is 16.9. The number of aliphatic hydroxyl groups is 1. The van der Waals surface area contributed by atoms with Crippen molar-refractivity contribution in [1.29, 1.82) is 0 Å². The molecule has 8 heteroatoms. The predicted molar refractivity (Wildman–Crippen MR) is 126 cm³/mol. The van der Waals surface area contributed by atoms with E-state index in [-0.39, 0.29) is 53.6 Å². The molecule has 36 heavy (non-hydrogen) atoms. The number of hydrogen-bond donors (Lipinski definition) is 1. The zero-order valence-electron chi connectivity index (χ0n) is 21.3. The summed E-state index contributed by atoms with van der Waals surface area (Å²) >= 11 is 0. The van der Waals surface area contributed by atoms with E-state index < -0.39 is 22.6 Å². The van der Waals surface area contributed by atoms with Crippen molar-refractivity contribution in [2.45, 2.75) is 107 Å². The molecule has 3 aliphatic heterocycles. The second-order valence-electron chi connectivity index (χ2n) is 12.7. The minimum atomic E-state index is -1.06. The summed E-state index contributed by atoms with van der Waals surface area (Å²) in [7, 11) is 0. The van der Waals surface area contributed by atoms with Crippen molar-refractivity contribution in [1.82, 2.24) is 0 Å². The smallest absolute Gasteiger partial charge is 0.335 e. The van der Waals surface area contributed by atoms with Crippen molar-refractivity contribution < 1.29 is 33.3 Å². The van der Waals surface area contributed by atoms with Crippen LogP contribution in [0.1, 0.15) is 83.6 Å². The van der Waals surface area contributed by atoms with Crippen molar-refractivity contribution in [3.63, 3.8) is 0 Å². The molecule has 8 nitrogen and oxygen atoms in total. The van der Waals surface area contributed by atoms with Gasteiger partial charge < -0.3 is 28.5 Å². The molecule has 10 atom stereocenters. The number of hydrogen-bond acceptors (Lipinski definition) is 8. The first-order chi connectivity index (χ1) is 17.0. The summed E-state index contributed by atoms with van der Waals surface area (Å²) in [6, 6.07) is 3.34. The fraction of sp³-hybridized carbons (Fsp3) is 0.786. The van der Waals surface area contributed by atoms with Crippen LogP contribution in [0.15, 0.2) is 27.6 Å². The number of fused-ring (bicyclic) bond motifs is 3. The van der Waals surface area contributed by atoms with Gasteiger partial charge in [0.05, 0.1) is 35.1 Å². The zero-order valence-corrected chi connectivity index (χ0v) is 21.3. The lowest BCUT2D eigenvalue weighted by Gasteiger charge is -2.74. The summed E-state index contributed by atoms with van der Waals surface area (Å²) in [5.41, 5.74) is -1.60. The van der Waals surface area contributed by atoms with Crippen LogP contribution in [0.25, 0.3) is 0 Å². The molecule has 0 radical (unpaired) electrons. The molecule has 1 aromatic heterocycles. The van der Waals surface area contributed by atoms with Gasteiger partial charge in [-0.2, -0.15) is 0 Å². The van der Waals surface area contributed by atoms with E-state index in [9.17, 15) is 14.7 Å². The normalized spacial score (nSPS) is 52.4. The average molecular weight is 501 g/mol. The Balaban J connectivity index is 1.30. The Labute approximate surface area is 210 Å². The molecule has 196 valence electrons. The molecule has 7 aliphatic rings. The van der Waals surface area contributed by atoms with Crippen LogP contribution in [0, 0.1) is 22.7 Å². The van der Waals surface area contributed by atoms with Gasteiger partial charge in [-0.25, -0.2) is 4.79 Å². The van der Waals surface area contributed by atoms with E-state index in [4.69, 9.17) is 23.4 Å². The molecule has 4 heterocycles. The monoisotopic (exact) mass is 500 g/mol. The van der Waals surface area contributed by atoms with E-state index in [1.807, 2.05) is 13.0 Å². The van der Waals surface area contributed by atoms with Gasteiger partial charge in [0.1, 0.15) is 6.61 Å². The maximum Gasteiger partial charge on any atom is 0.335 e. The number of ether oxygens (including phenoxy) is 4. The molecule has 0 aromatic carbocycles. The van der Waals surface area contributed by atoms with Gasteiger partial charge >= 0.3 is 11.6 Å². The largest absolute Gasteiger partial charge is 0.465 e. The topological polar surface area (TPSA) is 104 Å². The van der Waals surface area contributed by atoms with Crippen LogP contribution in [-0.4, -0.2) is 47.1 Å². The Bertz CT molecular complexity index is 1140. The first-order valence-electron chi connectivity index (χ1n) is 13.5. The number of rotatable bonds is 3. The van der Waals surface area contributed by atoms with Gasteiger partial charge in [0, 0.05) is 38.2 Å². The molecule has 8 rings (SSSR count). The Morgan fingerprint density at radius 3 is 2.64 bits per heavy atom. The van der Waals surface area contributed by atoms with Crippen LogP contribution in [0.5, 0.6) is 0 Å². The Kier molecular flexibility index (Phi) is 4.69. The fourth-order valence-corrected chi connectivity index (χ4v) is 10.1. The van der Waals surface area contributed by atoms with Gasteiger partial charge in [-0.3, -0.25) is 4.79 Å². The second kappa shape index (κ2) is 7.22. The van der Waals surface area contributed by atoms with E-state index in [1.54, 1.807) is 6.26 Å². The van der Waals surface area contributed by atoms with Gasteiger partial charge in [-0.1, -0.05) is 6.92 Å². The summed E-state index contributed by atoms with van der Waals surface area (Å²) in [5.74, 6) is -1.11. The number of carbonyl (C=O) groups is 1. The summed E-state index contributed by atoms with van der Waals surface area (Å²) in [5, 5.41) is 12.6. The van der Waals surface area contributed by atoms with Gasteiger partial charge in [0.25, 0.3) is 5.97 Å². The Morgan fingerprint density at radius 2 is 1.92 bits per heavy atom. The molecule has 1 aromatic rings. The SMILES string of the molecule is CC(=O)OC[C@@]12C3CC[C@@]4(C)[C@@H](c5ccc(=O)oc5)CC[C@@]4(O)[C@@H]3CC[C@]13C[C@@H]1C[C@H]2O[C@](C)(O1)O3. The molecule has 1 spiro atoms. The second-order valence-corrected chi connectivity index (χ2v) is 12.7. The first-order valence-corrected chi connectivity index (χ1v) is 13.5. The molecule has 7 fully saturated rings. The molecule has 4 saturated carbocycles. The van der Waals surface area contributed by atoms with Crippen LogP contribution in [-0.2, 0) is 23.7 Å². The molecular formula is C28H36O8. The van der Waals surface area contributed by atoms with Gasteiger partial charge in [-0.15, -0.1) is 0 Å². The molecule has 0 amide bonds. The Morgan fingerprint density at radius 1 is 1.11 bits per heavy atom. The van der Waals surface area contributed by atoms with Crippen molar-refractivity contribution in [3.05, 3.63) is 34.4 Å². The number of esters is 1. The molecule has 4 aliphatic carbocycles. The highest BCUT2D eigenvalue weighted by molar-refractivity contribution is 5.66.